The number of hydrogen-bond acceptors (Lipinski definition) is 3. The van der Waals surface area contributed by atoms with Crippen molar-refractivity contribution in [3.63, 3.8) is 0 Å². The maximum atomic E-state index is 10.8. The Kier molecular flexibility index (Phi) is 4.55. The summed E-state index contributed by atoms with van der Waals surface area (Å²) in [6.45, 7) is 8.59. The molecule has 1 aromatic heterocycles. The van der Waals surface area contributed by atoms with Crippen LogP contribution in [0.4, 0.5) is 0 Å². The van der Waals surface area contributed by atoms with Crippen molar-refractivity contribution in [1.29, 1.82) is 0 Å². The number of hydrogen-bond donors (Lipinski definition) is 1. The standard InChI is InChI=1S/C12H19NO3/c1-4-6-13(5-2)8-10-7-9(3)11(16-10)12(14)15/h7H,4-6,8H2,1-3H3,(H,14,15). The first kappa shape index (κ1) is 12.8. The van der Waals surface area contributed by atoms with Gasteiger partial charge in [0.15, 0.2) is 0 Å². The van der Waals surface area contributed by atoms with Gasteiger partial charge in [-0.2, -0.15) is 0 Å². The number of carbonyl (C=O) groups is 1. The fourth-order valence-electron chi connectivity index (χ4n) is 1.72. The fraction of sp³-hybridized carbons (Fsp3) is 0.583. The number of carboxylic acid groups (broad SMARTS) is 1. The summed E-state index contributed by atoms with van der Waals surface area (Å²) in [6.07, 6.45) is 1.08. The van der Waals surface area contributed by atoms with Gasteiger partial charge in [-0.15, -0.1) is 0 Å². The van der Waals surface area contributed by atoms with Crippen LogP contribution >= 0.6 is 0 Å². The summed E-state index contributed by atoms with van der Waals surface area (Å²) < 4.78 is 5.31. The molecule has 1 heterocycles. The Bertz CT molecular complexity index is 357. The predicted molar refractivity (Wildman–Crippen MR) is 61.6 cm³/mol. The first-order valence-electron chi connectivity index (χ1n) is 5.63. The maximum Gasteiger partial charge on any atom is 0.372 e. The van der Waals surface area contributed by atoms with Gasteiger partial charge in [0.05, 0.1) is 6.54 Å². The molecular formula is C12H19NO3. The molecule has 0 bridgehead atoms. The zero-order chi connectivity index (χ0) is 12.1. The molecular weight excluding hydrogens is 206 g/mol. The van der Waals surface area contributed by atoms with Crippen molar-refractivity contribution >= 4 is 5.97 Å². The lowest BCUT2D eigenvalue weighted by Gasteiger charge is -2.17. The predicted octanol–water partition coefficient (Wildman–Crippen LogP) is 2.52. The van der Waals surface area contributed by atoms with Crippen molar-refractivity contribution < 1.29 is 14.3 Å². The second-order valence-corrected chi connectivity index (χ2v) is 3.90. The highest BCUT2D eigenvalue weighted by molar-refractivity contribution is 5.86. The molecule has 0 spiro atoms. The SMILES string of the molecule is CCCN(CC)Cc1cc(C)c(C(=O)O)o1. The molecule has 0 aliphatic heterocycles. The van der Waals surface area contributed by atoms with Crippen LogP contribution in [0, 0.1) is 6.92 Å². The zero-order valence-electron chi connectivity index (χ0n) is 10.1. The van der Waals surface area contributed by atoms with Crippen LogP contribution in [-0.4, -0.2) is 29.1 Å². The molecule has 0 unspecified atom stereocenters. The van der Waals surface area contributed by atoms with Crippen molar-refractivity contribution in [3.8, 4) is 0 Å². The Morgan fingerprint density at radius 1 is 1.50 bits per heavy atom. The van der Waals surface area contributed by atoms with Crippen LogP contribution < -0.4 is 0 Å². The van der Waals surface area contributed by atoms with Crippen LogP contribution in [0.3, 0.4) is 0 Å². The summed E-state index contributed by atoms with van der Waals surface area (Å²) in [5.74, 6) is -0.213. The molecule has 1 rings (SSSR count). The number of carboxylic acids is 1. The van der Waals surface area contributed by atoms with Gasteiger partial charge in [-0.1, -0.05) is 13.8 Å². The Balaban J connectivity index is 2.73. The van der Waals surface area contributed by atoms with Crippen molar-refractivity contribution in [2.24, 2.45) is 0 Å². The molecule has 0 saturated carbocycles. The van der Waals surface area contributed by atoms with Crippen LogP contribution in [0.15, 0.2) is 10.5 Å². The van der Waals surface area contributed by atoms with E-state index in [1.165, 1.54) is 0 Å². The first-order valence-corrected chi connectivity index (χ1v) is 5.63. The van der Waals surface area contributed by atoms with Gasteiger partial charge < -0.3 is 9.52 Å². The normalized spacial score (nSPS) is 11.0. The van der Waals surface area contributed by atoms with E-state index in [1.807, 2.05) is 6.07 Å². The van der Waals surface area contributed by atoms with Crippen molar-refractivity contribution in [2.75, 3.05) is 13.1 Å². The van der Waals surface area contributed by atoms with Crippen molar-refractivity contribution in [2.45, 2.75) is 33.7 Å². The highest BCUT2D eigenvalue weighted by Crippen LogP contribution is 2.16. The van der Waals surface area contributed by atoms with E-state index in [4.69, 9.17) is 9.52 Å². The monoisotopic (exact) mass is 225 g/mol. The Morgan fingerprint density at radius 2 is 2.19 bits per heavy atom. The minimum atomic E-state index is -0.998. The quantitative estimate of drug-likeness (QED) is 0.808. The molecule has 4 heteroatoms. The third-order valence-electron chi connectivity index (χ3n) is 2.53. The number of furan rings is 1. The van der Waals surface area contributed by atoms with Crippen LogP contribution in [0.2, 0.25) is 0 Å². The van der Waals surface area contributed by atoms with E-state index < -0.39 is 5.97 Å². The minimum Gasteiger partial charge on any atom is -0.475 e. The van der Waals surface area contributed by atoms with Crippen molar-refractivity contribution in [1.82, 2.24) is 4.90 Å². The average molecular weight is 225 g/mol. The molecule has 90 valence electrons. The Hall–Kier alpha value is -1.29. The molecule has 4 nitrogen and oxygen atoms in total. The van der Waals surface area contributed by atoms with Crippen LogP contribution in [0.25, 0.3) is 0 Å². The van der Waals surface area contributed by atoms with Gasteiger partial charge >= 0.3 is 5.97 Å². The average Bonchev–Trinajstić information content (AvgIpc) is 2.59. The van der Waals surface area contributed by atoms with Gasteiger partial charge in [0.25, 0.3) is 0 Å². The first-order chi connectivity index (χ1) is 7.58. The van der Waals surface area contributed by atoms with E-state index >= 15 is 0 Å². The van der Waals surface area contributed by atoms with Crippen LogP contribution in [0.1, 0.15) is 42.1 Å². The molecule has 0 saturated heterocycles. The highest BCUT2D eigenvalue weighted by atomic mass is 16.4. The second-order valence-electron chi connectivity index (χ2n) is 3.90. The molecule has 0 aromatic carbocycles. The van der Waals surface area contributed by atoms with Gasteiger partial charge in [-0.3, -0.25) is 4.90 Å². The lowest BCUT2D eigenvalue weighted by atomic mass is 10.2. The van der Waals surface area contributed by atoms with Gasteiger partial charge in [0.2, 0.25) is 5.76 Å². The van der Waals surface area contributed by atoms with Gasteiger partial charge in [-0.05, 0) is 32.5 Å². The maximum absolute atomic E-state index is 10.8. The summed E-state index contributed by atoms with van der Waals surface area (Å²) in [7, 11) is 0. The molecule has 0 amide bonds. The van der Waals surface area contributed by atoms with E-state index in [0.29, 0.717) is 12.1 Å². The number of aryl methyl sites for hydroxylation is 1. The van der Waals surface area contributed by atoms with E-state index in [-0.39, 0.29) is 5.76 Å². The minimum absolute atomic E-state index is 0.0579. The summed E-state index contributed by atoms with van der Waals surface area (Å²) in [5.41, 5.74) is 0.690. The number of aromatic carboxylic acids is 1. The summed E-state index contributed by atoms with van der Waals surface area (Å²) in [6, 6.07) is 1.81. The summed E-state index contributed by atoms with van der Waals surface area (Å²) in [5, 5.41) is 8.87. The fourth-order valence-corrected chi connectivity index (χ4v) is 1.72. The molecule has 1 N–H and O–H groups in total. The molecule has 0 atom stereocenters. The molecule has 0 fully saturated rings. The van der Waals surface area contributed by atoms with E-state index in [9.17, 15) is 4.79 Å². The Morgan fingerprint density at radius 3 is 2.62 bits per heavy atom. The third-order valence-corrected chi connectivity index (χ3v) is 2.53. The Labute approximate surface area is 95.9 Å². The number of nitrogens with zero attached hydrogens (tertiary/aromatic N) is 1. The zero-order valence-corrected chi connectivity index (χ0v) is 10.1. The molecule has 0 aliphatic rings. The second kappa shape index (κ2) is 5.70. The summed E-state index contributed by atoms with van der Waals surface area (Å²) in [4.78, 5) is 13.0. The molecule has 1 aromatic rings. The van der Waals surface area contributed by atoms with Crippen LogP contribution in [-0.2, 0) is 6.54 Å². The van der Waals surface area contributed by atoms with Gasteiger partial charge in [0.1, 0.15) is 5.76 Å². The van der Waals surface area contributed by atoms with Gasteiger partial charge in [-0.25, -0.2) is 4.79 Å². The molecule has 0 radical (unpaired) electrons. The lowest BCUT2D eigenvalue weighted by molar-refractivity contribution is 0.0657. The van der Waals surface area contributed by atoms with E-state index in [2.05, 4.69) is 18.7 Å². The third kappa shape index (κ3) is 3.10. The lowest BCUT2D eigenvalue weighted by Crippen LogP contribution is -2.23. The van der Waals surface area contributed by atoms with Crippen LogP contribution in [0.5, 0.6) is 0 Å². The number of rotatable bonds is 6. The topological polar surface area (TPSA) is 53.7 Å². The van der Waals surface area contributed by atoms with E-state index in [1.54, 1.807) is 6.92 Å². The van der Waals surface area contributed by atoms with Crippen molar-refractivity contribution in [3.05, 3.63) is 23.2 Å². The smallest absolute Gasteiger partial charge is 0.372 e. The largest absolute Gasteiger partial charge is 0.475 e. The summed E-state index contributed by atoms with van der Waals surface area (Å²) >= 11 is 0. The highest BCUT2D eigenvalue weighted by Gasteiger charge is 2.15. The van der Waals surface area contributed by atoms with Gasteiger partial charge in [0, 0.05) is 5.56 Å². The van der Waals surface area contributed by atoms with E-state index in [0.717, 1.165) is 25.3 Å². The molecule has 16 heavy (non-hydrogen) atoms. The molecule has 0 aliphatic carbocycles.